The van der Waals surface area contributed by atoms with Crippen LogP contribution in [0.5, 0.6) is 0 Å². The summed E-state index contributed by atoms with van der Waals surface area (Å²) in [5.74, 6) is 0.719. The van der Waals surface area contributed by atoms with Gasteiger partial charge in [0.1, 0.15) is 17.8 Å². The van der Waals surface area contributed by atoms with Gasteiger partial charge in [-0.1, -0.05) is 29.8 Å². The number of aromatic nitrogens is 2. The predicted molar refractivity (Wildman–Crippen MR) is 144 cm³/mol. The fourth-order valence-electron chi connectivity index (χ4n) is 5.73. The summed E-state index contributed by atoms with van der Waals surface area (Å²) in [6.07, 6.45) is 9.04. The van der Waals surface area contributed by atoms with Crippen molar-refractivity contribution in [1.29, 1.82) is 0 Å². The Morgan fingerprint density at radius 2 is 1.70 bits per heavy atom. The van der Waals surface area contributed by atoms with E-state index < -0.39 is 0 Å². The fourth-order valence-corrected chi connectivity index (χ4v) is 5.73. The van der Waals surface area contributed by atoms with E-state index in [1.54, 1.807) is 0 Å². The first-order valence-electron chi connectivity index (χ1n) is 14.0. The van der Waals surface area contributed by atoms with Gasteiger partial charge in [0.2, 0.25) is 0 Å². The van der Waals surface area contributed by atoms with E-state index >= 15 is 0 Å². The molecule has 1 aromatic carbocycles. The minimum absolute atomic E-state index is 0.000757. The third-order valence-electron chi connectivity index (χ3n) is 8.06. The van der Waals surface area contributed by atoms with Gasteiger partial charge in [-0.2, -0.15) is 0 Å². The summed E-state index contributed by atoms with van der Waals surface area (Å²) in [6.45, 7) is 7.90. The van der Waals surface area contributed by atoms with Gasteiger partial charge in [-0.25, -0.2) is 9.97 Å². The van der Waals surface area contributed by atoms with Gasteiger partial charge < -0.3 is 25.0 Å². The number of carbonyl (C=O) groups is 1. The Kier molecular flexibility index (Phi) is 8.69. The van der Waals surface area contributed by atoms with Crippen molar-refractivity contribution in [3.05, 3.63) is 53.0 Å². The van der Waals surface area contributed by atoms with Crippen LogP contribution in [-0.4, -0.2) is 71.8 Å². The smallest absolute Gasteiger partial charge is 0.272 e. The van der Waals surface area contributed by atoms with Crippen molar-refractivity contribution in [3.8, 4) is 0 Å². The molecule has 3 saturated heterocycles. The summed E-state index contributed by atoms with van der Waals surface area (Å²) in [6, 6.07) is 9.65. The summed E-state index contributed by atoms with van der Waals surface area (Å²) in [7, 11) is 0. The monoisotopic (exact) mass is 507 g/mol. The van der Waals surface area contributed by atoms with Crippen LogP contribution in [-0.2, 0) is 9.47 Å². The number of nitrogens with zero attached hydrogens (tertiary/aromatic N) is 3. The molecule has 3 fully saturated rings. The van der Waals surface area contributed by atoms with Gasteiger partial charge in [0.05, 0.1) is 12.2 Å². The standard InChI is InChI=1S/C29H41N5O3/c1-20-6-8-22(9-7-20)26-5-3-4-25(37-26)18-30-28-21(2)27(31-19-32-28)29(35)34-14-10-23(11-15-34)33-24-12-16-36-17-13-24/h6-9,19,23-26,33H,3-5,10-18H2,1-2H3,(H,30,31,32)/t25-,26?/m1/s1. The first-order chi connectivity index (χ1) is 18.1. The Hall–Kier alpha value is -2.55. The summed E-state index contributed by atoms with van der Waals surface area (Å²) in [4.78, 5) is 24.1. The van der Waals surface area contributed by atoms with Crippen LogP contribution in [0, 0.1) is 13.8 Å². The SMILES string of the molecule is Cc1ccc(C2CCC[C@H](CNc3ncnc(C(=O)N4CCC(NC5CCOCC5)CC4)c3C)O2)cc1. The number of carbonyl (C=O) groups excluding carboxylic acids is 1. The molecule has 1 aromatic heterocycles. The topological polar surface area (TPSA) is 88.6 Å². The van der Waals surface area contributed by atoms with Gasteiger partial charge in [0.25, 0.3) is 5.91 Å². The minimum Gasteiger partial charge on any atom is -0.381 e. The number of hydrogen-bond donors (Lipinski definition) is 2. The van der Waals surface area contributed by atoms with E-state index in [0.717, 1.165) is 82.6 Å². The lowest BCUT2D eigenvalue weighted by Gasteiger charge is -2.35. The summed E-state index contributed by atoms with van der Waals surface area (Å²) < 4.78 is 11.9. The summed E-state index contributed by atoms with van der Waals surface area (Å²) in [5, 5.41) is 7.22. The molecule has 0 saturated carbocycles. The van der Waals surface area contributed by atoms with Crippen LogP contribution in [0.3, 0.4) is 0 Å². The summed E-state index contributed by atoms with van der Waals surface area (Å²) in [5.41, 5.74) is 3.81. The lowest BCUT2D eigenvalue weighted by Crippen LogP contribution is -2.49. The number of nitrogens with one attached hydrogen (secondary N) is 2. The highest BCUT2D eigenvalue weighted by atomic mass is 16.5. The van der Waals surface area contributed by atoms with E-state index in [1.165, 1.54) is 17.5 Å². The van der Waals surface area contributed by atoms with Gasteiger partial charge in [-0.3, -0.25) is 4.79 Å². The molecule has 1 amide bonds. The van der Waals surface area contributed by atoms with Gasteiger partial charge in [-0.15, -0.1) is 0 Å². The molecule has 1 unspecified atom stereocenters. The predicted octanol–water partition coefficient (Wildman–Crippen LogP) is 4.19. The lowest BCUT2D eigenvalue weighted by atomic mass is 9.97. The molecule has 200 valence electrons. The quantitative estimate of drug-likeness (QED) is 0.581. The normalized spacial score (nSPS) is 23.7. The Balaban J connectivity index is 1.13. The third kappa shape index (κ3) is 6.67. The fraction of sp³-hybridized carbons (Fsp3) is 0.621. The number of rotatable bonds is 7. The van der Waals surface area contributed by atoms with E-state index in [4.69, 9.17) is 9.47 Å². The average molecular weight is 508 g/mol. The second kappa shape index (κ2) is 12.3. The van der Waals surface area contributed by atoms with Crippen molar-refractivity contribution in [2.45, 2.75) is 83.1 Å². The molecular weight excluding hydrogens is 466 g/mol. The highest BCUT2D eigenvalue weighted by Crippen LogP contribution is 2.31. The highest BCUT2D eigenvalue weighted by molar-refractivity contribution is 5.94. The Bertz CT molecular complexity index is 1030. The summed E-state index contributed by atoms with van der Waals surface area (Å²) >= 11 is 0. The zero-order valence-corrected chi connectivity index (χ0v) is 22.2. The molecule has 0 bridgehead atoms. The molecule has 2 N–H and O–H groups in total. The number of amides is 1. The van der Waals surface area contributed by atoms with Crippen molar-refractivity contribution < 1.29 is 14.3 Å². The molecule has 0 radical (unpaired) electrons. The Morgan fingerprint density at radius 1 is 0.973 bits per heavy atom. The molecule has 2 aromatic rings. The van der Waals surface area contributed by atoms with Crippen LogP contribution >= 0.6 is 0 Å². The number of likely N-dealkylation sites (tertiary alicyclic amines) is 1. The van der Waals surface area contributed by atoms with Crippen molar-refractivity contribution in [1.82, 2.24) is 20.2 Å². The second-order valence-corrected chi connectivity index (χ2v) is 10.8. The molecule has 0 spiro atoms. The van der Waals surface area contributed by atoms with Crippen molar-refractivity contribution in [2.75, 3.05) is 38.2 Å². The molecule has 2 atom stereocenters. The molecule has 3 aliphatic rings. The number of aryl methyl sites for hydroxylation is 1. The van der Waals surface area contributed by atoms with Crippen LogP contribution in [0.4, 0.5) is 5.82 Å². The van der Waals surface area contributed by atoms with Crippen molar-refractivity contribution >= 4 is 11.7 Å². The van der Waals surface area contributed by atoms with E-state index in [9.17, 15) is 4.79 Å². The molecule has 0 aliphatic carbocycles. The first kappa shape index (κ1) is 26.1. The first-order valence-corrected chi connectivity index (χ1v) is 14.0. The van der Waals surface area contributed by atoms with E-state index in [-0.39, 0.29) is 18.1 Å². The van der Waals surface area contributed by atoms with Crippen LogP contribution in [0.15, 0.2) is 30.6 Å². The van der Waals surface area contributed by atoms with E-state index in [2.05, 4.69) is 51.8 Å². The maximum absolute atomic E-state index is 13.3. The average Bonchev–Trinajstić information content (AvgIpc) is 2.94. The van der Waals surface area contributed by atoms with E-state index in [1.807, 2.05) is 11.8 Å². The van der Waals surface area contributed by atoms with Gasteiger partial charge in [-0.05, 0) is 64.4 Å². The van der Waals surface area contributed by atoms with Gasteiger partial charge >= 0.3 is 0 Å². The largest absolute Gasteiger partial charge is 0.381 e. The number of hydrogen-bond acceptors (Lipinski definition) is 7. The maximum Gasteiger partial charge on any atom is 0.272 e. The molecule has 4 heterocycles. The number of anilines is 1. The van der Waals surface area contributed by atoms with Crippen molar-refractivity contribution in [3.63, 3.8) is 0 Å². The molecule has 8 heteroatoms. The maximum atomic E-state index is 13.3. The van der Waals surface area contributed by atoms with Gasteiger partial charge in [0, 0.05) is 50.5 Å². The van der Waals surface area contributed by atoms with Crippen molar-refractivity contribution in [2.24, 2.45) is 0 Å². The zero-order chi connectivity index (χ0) is 25.6. The zero-order valence-electron chi connectivity index (χ0n) is 22.2. The molecular formula is C29H41N5O3. The minimum atomic E-state index is 0.000757. The molecule has 3 aliphatic heterocycles. The van der Waals surface area contributed by atoms with Gasteiger partial charge in [0.15, 0.2) is 0 Å². The van der Waals surface area contributed by atoms with Crippen LogP contribution in [0.1, 0.15) is 78.2 Å². The lowest BCUT2D eigenvalue weighted by molar-refractivity contribution is -0.0442. The second-order valence-electron chi connectivity index (χ2n) is 10.8. The molecule has 5 rings (SSSR count). The number of ether oxygens (including phenoxy) is 2. The molecule has 8 nitrogen and oxygen atoms in total. The molecule has 37 heavy (non-hydrogen) atoms. The van der Waals surface area contributed by atoms with Crippen LogP contribution in [0.25, 0.3) is 0 Å². The number of piperidine rings is 1. The van der Waals surface area contributed by atoms with Crippen LogP contribution in [0.2, 0.25) is 0 Å². The highest BCUT2D eigenvalue weighted by Gasteiger charge is 2.28. The third-order valence-corrected chi connectivity index (χ3v) is 8.06. The van der Waals surface area contributed by atoms with E-state index in [0.29, 0.717) is 24.3 Å². The Morgan fingerprint density at radius 3 is 2.46 bits per heavy atom. The van der Waals surface area contributed by atoms with Crippen LogP contribution < -0.4 is 10.6 Å². The number of benzene rings is 1. The Labute approximate surface area is 220 Å².